The highest BCUT2D eigenvalue weighted by atomic mass is 16.2. The first-order valence-corrected chi connectivity index (χ1v) is 11.1. The van der Waals surface area contributed by atoms with Crippen LogP contribution in [-0.2, 0) is 19.8 Å². The second-order valence-electron chi connectivity index (χ2n) is 9.13. The number of imide groups is 1. The van der Waals surface area contributed by atoms with Gasteiger partial charge in [0.05, 0.1) is 22.9 Å². The van der Waals surface area contributed by atoms with Crippen molar-refractivity contribution in [2.75, 3.05) is 4.90 Å². The average molecular weight is 435 g/mol. The maximum Gasteiger partial charge on any atom is 0.239 e. The van der Waals surface area contributed by atoms with Gasteiger partial charge in [-0.2, -0.15) is 0 Å². The molecule has 2 atom stereocenters. The summed E-state index contributed by atoms with van der Waals surface area (Å²) < 4.78 is 0. The minimum absolute atomic E-state index is 0.0891. The lowest BCUT2D eigenvalue weighted by molar-refractivity contribution is -0.132. The molecular weight excluding hydrogens is 414 g/mol. The monoisotopic (exact) mass is 435 g/mol. The first-order chi connectivity index (χ1) is 15.9. The van der Waals surface area contributed by atoms with E-state index in [9.17, 15) is 19.2 Å². The van der Waals surface area contributed by atoms with Crippen molar-refractivity contribution in [2.45, 2.75) is 25.2 Å². The van der Waals surface area contributed by atoms with Crippen molar-refractivity contribution in [3.63, 3.8) is 0 Å². The molecule has 162 valence electrons. The van der Waals surface area contributed by atoms with E-state index in [0.717, 1.165) is 22.3 Å². The summed E-state index contributed by atoms with van der Waals surface area (Å²) in [5.41, 5.74) is 3.29. The van der Waals surface area contributed by atoms with E-state index in [2.05, 4.69) is 0 Å². The second kappa shape index (κ2) is 6.58. The molecule has 2 amide bonds. The predicted octanol–water partition coefficient (Wildman–Crippen LogP) is 4.03. The molecule has 1 fully saturated rings. The van der Waals surface area contributed by atoms with Gasteiger partial charge >= 0.3 is 0 Å². The van der Waals surface area contributed by atoms with E-state index >= 15 is 0 Å². The smallest absolute Gasteiger partial charge is 0.239 e. The Kier molecular flexibility index (Phi) is 3.95. The van der Waals surface area contributed by atoms with Gasteiger partial charge in [-0.15, -0.1) is 0 Å². The van der Waals surface area contributed by atoms with Crippen LogP contribution in [0.3, 0.4) is 0 Å². The number of anilines is 1. The highest BCUT2D eigenvalue weighted by Crippen LogP contribution is 2.64. The Bertz CT molecular complexity index is 1340. The van der Waals surface area contributed by atoms with E-state index in [0.29, 0.717) is 11.3 Å². The number of rotatable bonds is 3. The Hall–Kier alpha value is -3.86. The first kappa shape index (κ1) is 19.8. The number of benzene rings is 3. The molecule has 0 N–H and O–H groups in total. The molecule has 2 bridgehead atoms. The Morgan fingerprint density at radius 2 is 1.30 bits per heavy atom. The average Bonchev–Trinajstić information content (AvgIpc) is 3.09. The largest absolute Gasteiger partial charge is 0.299 e. The molecule has 1 aliphatic heterocycles. The fourth-order valence-electron chi connectivity index (χ4n) is 6.47. The maximum absolute atomic E-state index is 14.0. The first-order valence-electron chi connectivity index (χ1n) is 11.1. The number of Topliss-reactive ketones (excluding diaryl/α,β-unsaturated/α-hetero) is 2. The van der Waals surface area contributed by atoms with Crippen LogP contribution in [0.25, 0.3) is 0 Å². The number of carbonyl (C=O) groups excluding carboxylic acids is 4. The Morgan fingerprint density at radius 1 is 0.758 bits per heavy atom. The molecule has 4 aliphatic rings. The zero-order valence-corrected chi connectivity index (χ0v) is 18.2. The fourth-order valence-corrected chi connectivity index (χ4v) is 6.47. The van der Waals surface area contributed by atoms with Gasteiger partial charge in [0.1, 0.15) is 5.78 Å². The molecule has 0 aromatic heterocycles. The number of amides is 2. The minimum atomic E-state index is -1.20. The maximum atomic E-state index is 14.0. The van der Waals surface area contributed by atoms with Crippen LogP contribution in [0.1, 0.15) is 52.4 Å². The van der Waals surface area contributed by atoms with Gasteiger partial charge < -0.3 is 0 Å². The second-order valence-corrected chi connectivity index (χ2v) is 9.13. The number of hydrogen-bond donors (Lipinski definition) is 0. The van der Waals surface area contributed by atoms with Crippen LogP contribution in [0, 0.1) is 11.8 Å². The molecule has 3 aromatic carbocycles. The van der Waals surface area contributed by atoms with Crippen LogP contribution in [0.5, 0.6) is 0 Å². The van der Waals surface area contributed by atoms with Crippen molar-refractivity contribution in [1.82, 2.24) is 0 Å². The third-order valence-corrected chi connectivity index (χ3v) is 7.71. The van der Waals surface area contributed by atoms with E-state index in [-0.39, 0.29) is 29.3 Å². The van der Waals surface area contributed by atoms with Crippen molar-refractivity contribution in [2.24, 2.45) is 11.8 Å². The van der Waals surface area contributed by atoms with Crippen LogP contribution in [0.4, 0.5) is 5.69 Å². The van der Waals surface area contributed by atoms with Gasteiger partial charge in [-0.3, -0.25) is 19.2 Å². The van der Waals surface area contributed by atoms with Gasteiger partial charge in [0.25, 0.3) is 0 Å². The van der Waals surface area contributed by atoms with Crippen LogP contribution in [0.15, 0.2) is 72.8 Å². The molecule has 0 radical (unpaired) electrons. The number of carbonyl (C=O) groups is 4. The van der Waals surface area contributed by atoms with Gasteiger partial charge in [-0.05, 0) is 60.4 Å². The molecule has 1 saturated heterocycles. The lowest BCUT2D eigenvalue weighted by Crippen LogP contribution is -2.57. The van der Waals surface area contributed by atoms with E-state index < -0.39 is 17.3 Å². The molecule has 7 rings (SSSR count). The number of ketones is 2. The van der Waals surface area contributed by atoms with Crippen LogP contribution in [-0.4, -0.2) is 23.4 Å². The molecule has 1 heterocycles. The fraction of sp³-hybridized carbons (Fsp3) is 0.214. The summed E-state index contributed by atoms with van der Waals surface area (Å²) in [5.74, 6) is -2.62. The van der Waals surface area contributed by atoms with Gasteiger partial charge in [0.2, 0.25) is 11.8 Å². The standard InChI is InChI=1S/C28H21NO4/c1-15(30)17-11-13-18(14-12-17)29-26(32)24-23-19-7-3-5-9-21(19)28(16(2)31,25(24)27(29)33)22-10-6-4-8-20(22)23/h3-14,23-25H,1-2H3/t23?,24-,25-,28?/m0/s1. The van der Waals surface area contributed by atoms with E-state index in [1.165, 1.54) is 18.7 Å². The molecule has 5 heteroatoms. The van der Waals surface area contributed by atoms with E-state index in [1.807, 2.05) is 48.5 Å². The molecule has 33 heavy (non-hydrogen) atoms. The van der Waals surface area contributed by atoms with E-state index in [4.69, 9.17) is 0 Å². The predicted molar refractivity (Wildman–Crippen MR) is 122 cm³/mol. The van der Waals surface area contributed by atoms with Crippen molar-refractivity contribution >= 4 is 29.1 Å². The highest BCUT2D eigenvalue weighted by Gasteiger charge is 2.69. The molecule has 0 unspecified atom stereocenters. The van der Waals surface area contributed by atoms with E-state index in [1.54, 1.807) is 24.3 Å². The van der Waals surface area contributed by atoms with Gasteiger partial charge in [-0.1, -0.05) is 48.5 Å². The zero-order chi connectivity index (χ0) is 23.1. The van der Waals surface area contributed by atoms with Crippen molar-refractivity contribution in [1.29, 1.82) is 0 Å². The number of nitrogens with zero attached hydrogens (tertiary/aromatic N) is 1. The molecule has 0 spiro atoms. The quantitative estimate of drug-likeness (QED) is 0.460. The molecular formula is C28H21NO4. The molecule has 0 saturated carbocycles. The molecule has 3 aromatic rings. The third-order valence-electron chi connectivity index (χ3n) is 7.71. The zero-order valence-electron chi connectivity index (χ0n) is 18.2. The SMILES string of the molecule is CC(=O)c1ccc(N2C(=O)[C@@H]3[C@@H](C2=O)C2c4ccccc4C3(C(C)=O)c3ccccc32)cc1. The Morgan fingerprint density at radius 3 is 1.82 bits per heavy atom. The summed E-state index contributed by atoms with van der Waals surface area (Å²) >= 11 is 0. The summed E-state index contributed by atoms with van der Waals surface area (Å²) in [6, 6.07) is 21.9. The normalized spacial score (nSPS) is 26.6. The van der Waals surface area contributed by atoms with Gasteiger partial charge in [0.15, 0.2) is 5.78 Å². The van der Waals surface area contributed by atoms with Gasteiger partial charge in [0, 0.05) is 11.5 Å². The molecule has 5 nitrogen and oxygen atoms in total. The summed E-state index contributed by atoms with van der Waals surface area (Å²) in [7, 11) is 0. The van der Waals surface area contributed by atoms with Crippen LogP contribution in [0.2, 0.25) is 0 Å². The van der Waals surface area contributed by atoms with Crippen LogP contribution < -0.4 is 4.90 Å². The summed E-state index contributed by atoms with van der Waals surface area (Å²) in [6.45, 7) is 3.00. The minimum Gasteiger partial charge on any atom is -0.299 e. The Balaban J connectivity index is 1.61. The van der Waals surface area contributed by atoms with Crippen molar-refractivity contribution in [3.05, 3.63) is 101 Å². The lowest BCUT2D eigenvalue weighted by atomic mass is 9.46. The molecule has 3 aliphatic carbocycles. The van der Waals surface area contributed by atoms with Crippen molar-refractivity contribution in [3.8, 4) is 0 Å². The summed E-state index contributed by atoms with van der Waals surface area (Å²) in [6.07, 6.45) is 0. The highest BCUT2D eigenvalue weighted by molar-refractivity contribution is 6.25. The summed E-state index contributed by atoms with van der Waals surface area (Å²) in [4.78, 5) is 54.3. The summed E-state index contributed by atoms with van der Waals surface area (Å²) in [5, 5.41) is 0. The number of hydrogen-bond acceptors (Lipinski definition) is 4. The topological polar surface area (TPSA) is 71.5 Å². The van der Waals surface area contributed by atoms with Crippen molar-refractivity contribution < 1.29 is 19.2 Å². The third kappa shape index (κ3) is 2.26. The lowest BCUT2D eigenvalue weighted by Gasteiger charge is -2.52. The van der Waals surface area contributed by atoms with Gasteiger partial charge in [-0.25, -0.2) is 4.90 Å². The Labute approximate surface area is 191 Å². The van der Waals surface area contributed by atoms with Crippen LogP contribution >= 0.6 is 0 Å².